The van der Waals surface area contributed by atoms with Gasteiger partial charge in [-0.05, 0) is 151 Å². The molecule has 350 valence electrons. The lowest BCUT2D eigenvalue weighted by molar-refractivity contribution is 0.737. The van der Waals surface area contributed by atoms with Crippen LogP contribution in [0.15, 0.2) is 303 Å². The molecule has 0 atom stereocenters. The van der Waals surface area contributed by atoms with Crippen LogP contribution in [0, 0.1) is 0 Å². The summed E-state index contributed by atoms with van der Waals surface area (Å²) in [5.74, 6) is 0. The molecule has 74 heavy (non-hydrogen) atoms. The van der Waals surface area contributed by atoms with Crippen LogP contribution in [0.1, 0.15) is 22.3 Å². The van der Waals surface area contributed by atoms with Crippen LogP contribution in [-0.4, -0.2) is 4.57 Å². The fourth-order valence-corrected chi connectivity index (χ4v) is 11.5. The van der Waals surface area contributed by atoms with E-state index in [9.17, 15) is 0 Å². The first kappa shape index (κ1) is 44.4. The SMILES string of the molecule is C=C1/C=C\C=C/Cc2ccc(N(c3cccc(-c4cccc(-c5ccc6c(c5)c5ccccc5n6-c5ccc(-c6ccccc6)cc5)c4)c3)c3ccc4ccccc4c3)cc2C1(c1ccccc1)c1ccccc1. The van der Waals surface area contributed by atoms with Crippen molar-refractivity contribution in [1.82, 2.24) is 4.57 Å². The molecule has 0 spiro atoms. The zero-order chi connectivity index (χ0) is 49.4. The summed E-state index contributed by atoms with van der Waals surface area (Å²) in [6.45, 7) is 4.88. The van der Waals surface area contributed by atoms with Gasteiger partial charge in [-0.15, -0.1) is 0 Å². The second kappa shape index (κ2) is 18.9. The summed E-state index contributed by atoms with van der Waals surface area (Å²) >= 11 is 0. The Bertz CT molecular complexity index is 4060. The lowest BCUT2D eigenvalue weighted by atomic mass is 9.63. The molecule has 0 fully saturated rings. The molecule has 0 aliphatic heterocycles. The molecular formula is C72H52N2. The monoisotopic (exact) mass is 944 g/mol. The summed E-state index contributed by atoms with van der Waals surface area (Å²) in [6.07, 6.45) is 9.53. The van der Waals surface area contributed by atoms with Gasteiger partial charge in [-0.25, -0.2) is 0 Å². The highest BCUT2D eigenvalue weighted by Crippen LogP contribution is 2.49. The molecule has 11 aromatic carbocycles. The van der Waals surface area contributed by atoms with Crippen molar-refractivity contribution in [2.75, 3.05) is 4.90 Å². The number of rotatable bonds is 9. The highest BCUT2D eigenvalue weighted by Gasteiger charge is 2.40. The van der Waals surface area contributed by atoms with Gasteiger partial charge in [0.1, 0.15) is 0 Å². The molecule has 2 nitrogen and oxygen atoms in total. The van der Waals surface area contributed by atoms with Crippen molar-refractivity contribution in [1.29, 1.82) is 0 Å². The van der Waals surface area contributed by atoms with Crippen LogP contribution >= 0.6 is 0 Å². The van der Waals surface area contributed by atoms with Crippen LogP contribution in [0.5, 0.6) is 0 Å². The molecular weight excluding hydrogens is 893 g/mol. The third-order valence-electron chi connectivity index (χ3n) is 15.1. The maximum absolute atomic E-state index is 4.88. The van der Waals surface area contributed by atoms with Crippen molar-refractivity contribution in [2.45, 2.75) is 11.8 Å². The third-order valence-corrected chi connectivity index (χ3v) is 15.1. The third kappa shape index (κ3) is 7.85. The van der Waals surface area contributed by atoms with E-state index in [2.05, 4.69) is 301 Å². The highest BCUT2D eigenvalue weighted by atomic mass is 15.1. The molecule has 0 amide bonds. The Morgan fingerprint density at radius 3 is 1.69 bits per heavy atom. The summed E-state index contributed by atoms with van der Waals surface area (Å²) in [6, 6.07) is 97.7. The normalized spacial score (nSPS) is 14.0. The van der Waals surface area contributed by atoms with Gasteiger partial charge >= 0.3 is 0 Å². The van der Waals surface area contributed by atoms with Gasteiger partial charge in [-0.1, -0.05) is 225 Å². The number of fused-ring (bicyclic) bond motifs is 5. The molecule has 1 aromatic heterocycles. The first-order valence-corrected chi connectivity index (χ1v) is 25.6. The standard InChI is InChI=1S/C72H52N2/c1-51-20-6-2-9-24-55-39-44-66(50-69(55)72(51,61-29-10-4-11-30-61)62-31-12-5-13-32-62)73(65-43-38-53-23-14-15-25-58(53)47-65)64-33-19-28-59(48-64)56-26-18-27-57(46-56)60-40-45-71-68(49-60)67-34-16-17-35-70(67)74(71)63-41-36-54(37-42-63)52-21-7-3-8-22-52/h2-23,25-50H,1,24H2/b9-2-,20-6-. The molecule has 0 radical (unpaired) electrons. The molecule has 1 heterocycles. The van der Waals surface area contributed by atoms with E-state index in [1.54, 1.807) is 0 Å². The predicted molar refractivity (Wildman–Crippen MR) is 313 cm³/mol. The Labute approximate surface area is 433 Å². The smallest absolute Gasteiger partial charge is 0.0699 e. The molecule has 2 heteroatoms. The minimum absolute atomic E-state index is 0.667. The van der Waals surface area contributed by atoms with Crippen LogP contribution < -0.4 is 4.90 Å². The first-order valence-electron chi connectivity index (χ1n) is 25.6. The van der Waals surface area contributed by atoms with Gasteiger partial charge < -0.3 is 9.47 Å². The molecule has 0 bridgehead atoms. The van der Waals surface area contributed by atoms with Gasteiger partial charge in [0.2, 0.25) is 0 Å². The number of benzene rings is 11. The van der Waals surface area contributed by atoms with Crippen molar-refractivity contribution in [3.05, 3.63) is 326 Å². The average Bonchev–Trinajstić information content (AvgIpc) is 3.87. The summed E-state index contributed by atoms with van der Waals surface area (Å²) in [7, 11) is 0. The molecule has 1 aliphatic rings. The number of hydrogen-bond donors (Lipinski definition) is 0. The quantitative estimate of drug-likeness (QED) is 0.140. The van der Waals surface area contributed by atoms with E-state index < -0.39 is 5.41 Å². The van der Waals surface area contributed by atoms with Crippen LogP contribution in [0.25, 0.3) is 71.6 Å². The zero-order valence-corrected chi connectivity index (χ0v) is 41.0. The second-order valence-electron chi connectivity index (χ2n) is 19.3. The van der Waals surface area contributed by atoms with Crippen LogP contribution in [0.2, 0.25) is 0 Å². The lowest BCUT2D eigenvalue weighted by Crippen LogP contribution is -2.32. The van der Waals surface area contributed by atoms with Gasteiger partial charge in [0.15, 0.2) is 0 Å². The second-order valence-corrected chi connectivity index (χ2v) is 19.3. The maximum Gasteiger partial charge on any atom is 0.0699 e. The Morgan fingerprint density at radius 1 is 0.378 bits per heavy atom. The summed E-state index contributed by atoms with van der Waals surface area (Å²) in [5, 5.41) is 4.86. The van der Waals surface area contributed by atoms with E-state index in [1.807, 2.05) is 0 Å². The Morgan fingerprint density at radius 2 is 0.932 bits per heavy atom. The van der Waals surface area contributed by atoms with E-state index in [0.717, 1.165) is 45.9 Å². The van der Waals surface area contributed by atoms with Crippen molar-refractivity contribution in [3.63, 3.8) is 0 Å². The van der Waals surface area contributed by atoms with Crippen molar-refractivity contribution in [3.8, 4) is 39.1 Å². The minimum atomic E-state index is -0.667. The van der Waals surface area contributed by atoms with Crippen LogP contribution in [-0.2, 0) is 11.8 Å². The maximum atomic E-state index is 4.88. The van der Waals surface area contributed by atoms with Crippen LogP contribution in [0.4, 0.5) is 17.1 Å². The van der Waals surface area contributed by atoms with Gasteiger partial charge in [0.05, 0.1) is 16.4 Å². The molecule has 0 saturated heterocycles. The molecule has 0 unspecified atom stereocenters. The van der Waals surface area contributed by atoms with Gasteiger partial charge in [0, 0.05) is 33.5 Å². The van der Waals surface area contributed by atoms with Crippen molar-refractivity contribution < 1.29 is 0 Å². The number of para-hydroxylation sites is 1. The fourth-order valence-electron chi connectivity index (χ4n) is 11.5. The topological polar surface area (TPSA) is 8.17 Å². The van der Waals surface area contributed by atoms with Gasteiger partial charge in [0.25, 0.3) is 0 Å². The van der Waals surface area contributed by atoms with E-state index in [-0.39, 0.29) is 0 Å². The number of hydrogen-bond acceptors (Lipinski definition) is 1. The van der Waals surface area contributed by atoms with E-state index >= 15 is 0 Å². The summed E-state index contributed by atoms with van der Waals surface area (Å²) in [5.41, 5.74) is 19.0. The summed E-state index contributed by atoms with van der Waals surface area (Å²) in [4.78, 5) is 2.43. The fraction of sp³-hybridized carbons (Fsp3) is 0.0278. The largest absolute Gasteiger partial charge is 0.310 e. The Hall–Kier alpha value is -9.50. The Balaban J connectivity index is 0.930. The number of allylic oxidation sites excluding steroid dienone is 5. The average molecular weight is 945 g/mol. The zero-order valence-electron chi connectivity index (χ0n) is 41.0. The van der Waals surface area contributed by atoms with E-state index in [1.165, 1.54) is 77.1 Å². The van der Waals surface area contributed by atoms with Crippen molar-refractivity contribution >= 4 is 49.6 Å². The van der Waals surface area contributed by atoms with E-state index in [0.29, 0.717) is 0 Å². The molecule has 0 N–H and O–H groups in total. The molecule has 1 aliphatic carbocycles. The predicted octanol–water partition coefficient (Wildman–Crippen LogP) is 19.0. The number of nitrogens with zero attached hydrogens (tertiary/aromatic N) is 2. The lowest BCUT2D eigenvalue weighted by Gasteiger charge is -2.39. The number of aromatic nitrogens is 1. The van der Waals surface area contributed by atoms with Gasteiger partial charge in [-0.2, -0.15) is 0 Å². The van der Waals surface area contributed by atoms with E-state index in [4.69, 9.17) is 6.58 Å². The van der Waals surface area contributed by atoms with Crippen LogP contribution in [0.3, 0.4) is 0 Å². The molecule has 0 saturated carbocycles. The first-order chi connectivity index (χ1) is 36.6. The highest BCUT2D eigenvalue weighted by molar-refractivity contribution is 6.10. The molecule has 12 aromatic rings. The number of anilines is 3. The van der Waals surface area contributed by atoms with Crippen molar-refractivity contribution in [2.24, 2.45) is 0 Å². The van der Waals surface area contributed by atoms with Gasteiger partial charge in [-0.3, -0.25) is 0 Å². The summed E-state index contributed by atoms with van der Waals surface area (Å²) < 4.78 is 2.40. The Kier molecular flexibility index (Phi) is 11.4. The molecule has 13 rings (SSSR count). The minimum Gasteiger partial charge on any atom is -0.310 e.